The Labute approximate surface area is 137 Å². The van der Waals surface area contributed by atoms with Gasteiger partial charge in [-0.25, -0.2) is 4.98 Å². The molecular weight excluding hydrogens is 304 g/mol. The first-order chi connectivity index (χ1) is 10.1. The van der Waals surface area contributed by atoms with E-state index in [9.17, 15) is 9.59 Å². The maximum atomic E-state index is 12.3. The van der Waals surface area contributed by atoms with Gasteiger partial charge in [0.25, 0.3) is 11.8 Å². The summed E-state index contributed by atoms with van der Waals surface area (Å²) < 4.78 is 0. The van der Waals surface area contributed by atoms with Gasteiger partial charge in [0.1, 0.15) is 11.4 Å². The molecule has 0 bridgehead atoms. The van der Waals surface area contributed by atoms with Gasteiger partial charge in [-0.15, -0.1) is 12.4 Å². The molecule has 2 heterocycles. The Kier molecular flexibility index (Phi) is 7.27. The number of likely N-dealkylation sites (tertiary alicyclic amines) is 1. The highest BCUT2D eigenvalue weighted by molar-refractivity contribution is 5.96. The van der Waals surface area contributed by atoms with Gasteiger partial charge in [-0.05, 0) is 32.0 Å². The molecule has 22 heavy (non-hydrogen) atoms. The monoisotopic (exact) mass is 326 g/mol. The van der Waals surface area contributed by atoms with Gasteiger partial charge in [0, 0.05) is 33.2 Å². The zero-order chi connectivity index (χ0) is 15.2. The highest BCUT2D eigenvalue weighted by atomic mass is 35.5. The standard InChI is InChI=1S/C15H22N4O2.ClH/c1-16-8-11-18(2)14(20)12-6-5-7-13(17-12)15(21)19-9-3-4-10-19;/h5-7,16H,3-4,8-11H2,1-2H3;1H. The van der Waals surface area contributed by atoms with E-state index in [2.05, 4.69) is 10.3 Å². The van der Waals surface area contributed by atoms with E-state index in [0.717, 1.165) is 25.9 Å². The number of nitrogens with one attached hydrogen (secondary N) is 1. The van der Waals surface area contributed by atoms with Crippen molar-refractivity contribution in [3.63, 3.8) is 0 Å². The summed E-state index contributed by atoms with van der Waals surface area (Å²) in [6.45, 7) is 2.87. The molecular formula is C15H23ClN4O2. The molecule has 0 aromatic carbocycles. The third-order valence-electron chi connectivity index (χ3n) is 3.62. The summed E-state index contributed by atoms with van der Waals surface area (Å²) in [6, 6.07) is 5.04. The molecule has 1 N–H and O–H groups in total. The van der Waals surface area contributed by atoms with Crippen molar-refractivity contribution in [3.8, 4) is 0 Å². The Bertz CT molecular complexity index is 518. The zero-order valence-electron chi connectivity index (χ0n) is 13.0. The van der Waals surface area contributed by atoms with Crippen molar-refractivity contribution in [2.75, 3.05) is 40.3 Å². The number of halogens is 1. The molecule has 0 spiro atoms. The van der Waals surface area contributed by atoms with Gasteiger partial charge in [0.2, 0.25) is 0 Å². The van der Waals surface area contributed by atoms with Crippen molar-refractivity contribution >= 4 is 24.2 Å². The van der Waals surface area contributed by atoms with Crippen LogP contribution in [0.15, 0.2) is 18.2 Å². The SMILES string of the molecule is CNCCN(C)C(=O)c1cccc(C(=O)N2CCCC2)n1.Cl. The topological polar surface area (TPSA) is 65.5 Å². The number of pyridine rings is 1. The first kappa shape index (κ1) is 18.4. The van der Waals surface area contributed by atoms with Crippen LogP contribution in [-0.4, -0.2) is 66.9 Å². The summed E-state index contributed by atoms with van der Waals surface area (Å²) in [5.41, 5.74) is 0.670. The lowest BCUT2D eigenvalue weighted by atomic mass is 10.2. The number of hydrogen-bond acceptors (Lipinski definition) is 4. The van der Waals surface area contributed by atoms with Crippen LogP contribution in [0.5, 0.6) is 0 Å². The molecule has 1 fully saturated rings. The average Bonchev–Trinajstić information content (AvgIpc) is 3.05. The summed E-state index contributed by atoms with van der Waals surface area (Å²) in [6.07, 6.45) is 2.08. The molecule has 0 unspecified atom stereocenters. The molecule has 7 heteroatoms. The van der Waals surface area contributed by atoms with Crippen LogP contribution in [0.25, 0.3) is 0 Å². The minimum absolute atomic E-state index is 0. The Hall–Kier alpha value is -1.66. The van der Waals surface area contributed by atoms with Crippen LogP contribution in [0.2, 0.25) is 0 Å². The zero-order valence-corrected chi connectivity index (χ0v) is 13.9. The van der Waals surface area contributed by atoms with Crippen molar-refractivity contribution in [2.45, 2.75) is 12.8 Å². The second-order valence-electron chi connectivity index (χ2n) is 5.24. The lowest BCUT2D eigenvalue weighted by Gasteiger charge is -2.18. The summed E-state index contributed by atoms with van der Waals surface area (Å²) in [5, 5.41) is 3.00. The average molecular weight is 327 g/mol. The summed E-state index contributed by atoms with van der Waals surface area (Å²) in [5.74, 6) is -0.249. The van der Waals surface area contributed by atoms with Gasteiger partial charge in [-0.1, -0.05) is 6.07 Å². The molecule has 0 saturated carbocycles. The minimum Gasteiger partial charge on any atom is -0.339 e. The Morgan fingerprint density at radius 2 is 1.91 bits per heavy atom. The van der Waals surface area contributed by atoms with E-state index in [1.807, 2.05) is 7.05 Å². The molecule has 2 amide bonds. The van der Waals surface area contributed by atoms with Gasteiger partial charge in [-0.3, -0.25) is 9.59 Å². The molecule has 1 saturated heterocycles. The number of amides is 2. The first-order valence-corrected chi connectivity index (χ1v) is 7.30. The summed E-state index contributed by atoms with van der Waals surface area (Å²) in [4.78, 5) is 32.2. The van der Waals surface area contributed by atoms with Crippen molar-refractivity contribution in [1.82, 2.24) is 20.1 Å². The fourth-order valence-corrected chi connectivity index (χ4v) is 2.33. The Morgan fingerprint density at radius 1 is 1.27 bits per heavy atom. The molecule has 1 aliphatic heterocycles. The molecule has 0 radical (unpaired) electrons. The lowest BCUT2D eigenvalue weighted by molar-refractivity contribution is 0.0781. The van der Waals surface area contributed by atoms with E-state index in [4.69, 9.17) is 0 Å². The van der Waals surface area contributed by atoms with E-state index < -0.39 is 0 Å². The fourth-order valence-electron chi connectivity index (χ4n) is 2.33. The summed E-state index contributed by atoms with van der Waals surface area (Å²) >= 11 is 0. The number of rotatable bonds is 5. The normalized spacial score (nSPS) is 13.6. The largest absolute Gasteiger partial charge is 0.339 e. The highest BCUT2D eigenvalue weighted by Crippen LogP contribution is 2.12. The molecule has 1 aromatic rings. The van der Waals surface area contributed by atoms with Crippen LogP contribution in [0.3, 0.4) is 0 Å². The van der Waals surface area contributed by atoms with Gasteiger partial charge in [0.15, 0.2) is 0 Å². The third kappa shape index (κ3) is 4.42. The number of hydrogen-bond donors (Lipinski definition) is 1. The van der Waals surface area contributed by atoms with Crippen LogP contribution >= 0.6 is 12.4 Å². The molecule has 122 valence electrons. The number of likely N-dealkylation sites (N-methyl/N-ethyl adjacent to an activating group) is 2. The number of nitrogens with zero attached hydrogens (tertiary/aromatic N) is 3. The van der Waals surface area contributed by atoms with Crippen LogP contribution < -0.4 is 5.32 Å². The second kappa shape index (κ2) is 8.70. The first-order valence-electron chi connectivity index (χ1n) is 7.30. The third-order valence-corrected chi connectivity index (χ3v) is 3.62. The van der Waals surface area contributed by atoms with Gasteiger partial charge >= 0.3 is 0 Å². The predicted molar refractivity (Wildman–Crippen MR) is 87.5 cm³/mol. The quantitative estimate of drug-likeness (QED) is 0.877. The van der Waals surface area contributed by atoms with E-state index in [-0.39, 0.29) is 24.2 Å². The highest BCUT2D eigenvalue weighted by Gasteiger charge is 2.22. The minimum atomic E-state index is -0.165. The van der Waals surface area contributed by atoms with E-state index >= 15 is 0 Å². The molecule has 1 aliphatic rings. The van der Waals surface area contributed by atoms with Crippen molar-refractivity contribution in [1.29, 1.82) is 0 Å². The predicted octanol–water partition coefficient (Wildman–Crippen LogP) is 1.03. The van der Waals surface area contributed by atoms with Crippen molar-refractivity contribution in [2.24, 2.45) is 0 Å². The van der Waals surface area contributed by atoms with Crippen LogP contribution in [0.4, 0.5) is 0 Å². The Morgan fingerprint density at radius 3 is 2.55 bits per heavy atom. The van der Waals surface area contributed by atoms with Gasteiger partial charge in [0.05, 0.1) is 0 Å². The van der Waals surface area contributed by atoms with E-state index in [1.54, 1.807) is 35.0 Å². The molecule has 0 atom stereocenters. The van der Waals surface area contributed by atoms with Crippen molar-refractivity contribution < 1.29 is 9.59 Å². The van der Waals surface area contributed by atoms with Gasteiger partial charge < -0.3 is 15.1 Å². The molecule has 2 rings (SSSR count). The maximum Gasteiger partial charge on any atom is 0.272 e. The van der Waals surface area contributed by atoms with Crippen LogP contribution in [0, 0.1) is 0 Å². The molecule has 0 aliphatic carbocycles. The second-order valence-corrected chi connectivity index (χ2v) is 5.24. The molecule has 1 aromatic heterocycles. The fraction of sp³-hybridized carbons (Fsp3) is 0.533. The summed E-state index contributed by atoms with van der Waals surface area (Å²) in [7, 11) is 3.57. The van der Waals surface area contributed by atoms with E-state index in [1.165, 1.54) is 0 Å². The smallest absolute Gasteiger partial charge is 0.272 e. The number of aromatic nitrogens is 1. The van der Waals surface area contributed by atoms with Gasteiger partial charge in [-0.2, -0.15) is 0 Å². The van der Waals surface area contributed by atoms with E-state index in [0.29, 0.717) is 24.5 Å². The number of carbonyl (C=O) groups excluding carboxylic acids is 2. The lowest BCUT2D eigenvalue weighted by Crippen LogP contribution is -2.34. The van der Waals surface area contributed by atoms with Crippen LogP contribution in [0.1, 0.15) is 33.8 Å². The Balaban J connectivity index is 0.00000242. The van der Waals surface area contributed by atoms with Crippen LogP contribution in [-0.2, 0) is 0 Å². The maximum absolute atomic E-state index is 12.3. The number of carbonyl (C=O) groups is 2. The molecule has 6 nitrogen and oxygen atoms in total. The van der Waals surface area contributed by atoms with Crippen molar-refractivity contribution in [3.05, 3.63) is 29.6 Å².